The van der Waals surface area contributed by atoms with E-state index in [1.807, 2.05) is 0 Å². The molecule has 5 heteroatoms. The van der Waals surface area contributed by atoms with E-state index in [-0.39, 0.29) is 6.42 Å². The van der Waals surface area contributed by atoms with Crippen molar-refractivity contribution in [2.75, 3.05) is 0 Å². The SMILES string of the molecule is CC(C)(C)OC(=O)N[C@@H]1Cc2ccccc2[C@H](F)C1=O. The third-order valence-electron chi connectivity index (χ3n) is 3.04. The van der Waals surface area contributed by atoms with Crippen molar-refractivity contribution in [1.29, 1.82) is 0 Å². The fourth-order valence-electron chi connectivity index (χ4n) is 2.19. The summed E-state index contributed by atoms with van der Waals surface area (Å²) in [6.07, 6.45) is -2.11. The van der Waals surface area contributed by atoms with Gasteiger partial charge in [-0.1, -0.05) is 24.3 Å². The first kappa shape index (κ1) is 14.5. The number of carbonyl (C=O) groups is 2. The van der Waals surface area contributed by atoms with E-state index in [0.717, 1.165) is 5.56 Å². The van der Waals surface area contributed by atoms with Crippen molar-refractivity contribution >= 4 is 11.9 Å². The lowest BCUT2D eigenvalue weighted by molar-refractivity contribution is -0.126. The molecule has 0 heterocycles. The molecule has 1 amide bonds. The highest BCUT2D eigenvalue weighted by Gasteiger charge is 2.36. The molecule has 4 nitrogen and oxygen atoms in total. The quantitative estimate of drug-likeness (QED) is 0.860. The van der Waals surface area contributed by atoms with Gasteiger partial charge in [-0.25, -0.2) is 9.18 Å². The molecule has 2 rings (SSSR count). The first-order valence-electron chi connectivity index (χ1n) is 6.53. The Morgan fingerprint density at radius 2 is 2.00 bits per heavy atom. The topological polar surface area (TPSA) is 55.4 Å². The van der Waals surface area contributed by atoms with Crippen LogP contribution in [0.5, 0.6) is 0 Å². The maximum atomic E-state index is 14.1. The van der Waals surface area contributed by atoms with Gasteiger partial charge in [0.15, 0.2) is 12.0 Å². The van der Waals surface area contributed by atoms with Crippen LogP contribution >= 0.6 is 0 Å². The molecule has 0 aliphatic heterocycles. The number of ether oxygens (including phenoxy) is 1. The van der Waals surface area contributed by atoms with E-state index < -0.39 is 29.7 Å². The Morgan fingerprint density at radius 3 is 2.65 bits per heavy atom. The summed E-state index contributed by atoms with van der Waals surface area (Å²) in [5.41, 5.74) is 0.467. The normalized spacial score (nSPS) is 22.1. The number of rotatable bonds is 1. The van der Waals surface area contributed by atoms with Crippen LogP contribution in [0.3, 0.4) is 0 Å². The fourth-order valence-corrected chi connectivity index (χ4v) is 2.19. The van der Waals surface area contributed by atoms with Crippen molar-refractivity contribution in [3.8, 4) is 0 Å². The maximum Gasteiger partial charge on any atom is 0.408 e. The summed E-state index contributed by atoms with van der Waals surface area (Å²) in [6, 6.07) is 5.96. The average molecular weight is 279 g/mol. The third-order valence-corrected chi connectivity index (χ3v) is 3.04. The second kappa shape index (κ2) is 5.23. The van der Waals surface area contributed by atoms with E-state index in [1.165, 1.54) is 0 Å². The van der Waals surface area contributed by atoms with Crippen molar-refractivity contribution in [3.63, 3.8) is 0 Å². The van der Waals surface area contributed by atoms with Gasteiger partial charge in [0.25, 0.3) is 0 Å². The summed E-state index contributed by atoms with van der Waals surface area (Å²) in [5.74, 6) is -0.630. The standard InChI is InChI=1S/C15H18FNO3/c1-15(2,3)20-14(19)17-11-8-9-6-4-5-7-10(9)12(16)13(11)18/h4-7,11-12H,8H2,1-3H3,(H,17,19)/t11-,12+/m1/s1. The summed E-state index contributed by atoms with van der Waals surface area (Å²) in [5, 5.41) is 2.45. The Morgan fingerprint density at radius 1 is 1.35 bits per heavy atom. The molecule has 1 N–H and O–H groups in total. The molecule has 108 valence electrons. The Balaban J connectivity index is 2.12. The molecule has 1 aliphatic carbocycles. The highest BCUT2D eigenvalue weighted by molar-refractivity contribution is 5.93. The van der Waals surface area contributed by atoms with Gasteiger partial charge in [0.2, 0.25) is 0 Å². The second-order valence-corrected chi connectivity index (χ2v) is 5.87. The Labute approximate surface area is 117 Å². The number of fused-ring (bicyclic) bond motifs is 1. The number of alkyl halides is 1. The Bertz CT molecular complexity index is 536. The van der Waals surface area contributed by atoms with E-state index in [4.69, 9.17) is 4.74 Å². The molecule has 0 saturated heterocycles. The third kappa shape index (κ3) is 3.15. The van der Waals surface area contributed by atoms with Crippen molar-refractivity contribution in [1.82, 2.24) is 5.32 Å². The van der Waals surface area contributed by atoms with Gasteiger partial charge in [-0.15, -0.1) is 0 Å². The van der Waals surface area contributed by atoms with Gasteiger partial charge < -0.3 is 10.1 Å². The number of Topliss-reactive ketones (excluding diaryl/α,β-unsaturated/α-hetero) is 1. The van der Waals surface area contributed by atoms with Crippen LogP contribution in [-0.4, -0.2) is 23.5 Å². The predicted octanol–water partition coefficient (Wildman–Crippen LogP) is 2.72. The maximum absolute atomic E-state index is 14.1. The summed E-state index contributed by atoms with van der Waals surface area (Å²) in [7, 11) is 0. The van der Waals surface area contributed by atoms with E-state index >= 15 is 0 Å². The highest BCUT2D eigenvalue weighted by Crippen LogP contribution is 2.30. The molecule has 0 saturated carbocycles. The summed E-state index contributed by atoms with van der Waals surface area (Å²) >= 11 is 0. The minimum Gasteiger partial charge on any atom is -0.444 e. The number of nitrogens with one attached hydrogen (secondary N) is 1. The molecule has 20 heavy (non-hydrogen) atoms. The van der Waals surface area contributed by atoms with Crippen LogP contribution in [-0.2, 0) is 16.0 Å². The average Bonchev–Trinajstić information content (AvgIpc) is 2.33. The zero-order valence-electron chi connectivity index (χ0n) is 11.8. The zero-order chi connectivity index (χ0) is 14.9. The van der Waals surface area contributed by atoms with E-state index in [1.54, 1.807) is 45.0 Å². The summed E-state index contributed by atoms with van der Waals surface area (Å²) < 4.78 is 19.2. The van der Waals surface area contributed by atoms with Gasteiger partial charge in [-0.2, -0.15) is 0 Å². The number of halogens is 1. The monoisotopic (exact) mass is 279 g/mol. The van der Waals surface area contributed by atoms with Gasteiger partial charge in [0, 0.05) is 6.42 Å². The van der Waals surface area contributed by atoms with Crippen molar-refractivity contribution in [2.45, 2.75) is 45.0 Å². The summed E-state index contributed by atoms with van der Waals surface area (Å²) in [6.45, 7) is 5.17. The van der Waals surface area contributed by atoms with Crippen LogP contribution in [0.1, 0.15) is 38.1 Å². The first-order valence-corrected chi connectivity index (χ1v) is 6.53. The number of benzene rings is 1. The fraction of sp³-hybridized carbons (Fsp3) is 0.467. The molecule has 2 atom stereocenters. The Kier molecular flexibility index (Phi) is 3.79. The van der Waals surface area contributed by atoms with Crippen LogP contribution in [0.15, 0.2) is 24.3 Å². The molecule has 1 aromatic rings. The van der Waals surface area contributed by atoms with Crippen LogP contribution < -0.4 is 5.32 Å². The number of alkyl carbamates (subject to hydrolysis) is 1. The molecule has 0 unspecified atom stereocenters. The zero-order valence-corrected chi connectivity index (χ0v) is 11.8. The van der Waals surface area contributed by atoms with Gasteiger partial charge >= 0.3 is 6.09 Å². The number of carbonyl (C=O) groups excluding carboxylic acids is 2. The molecular formula is C15H18FNO3. The molecule has 0 spiro atoms. The molecule has 0 bridgehead atoms. The Hall–Kier alpha value is -1.91. The van der Waals surface area contributed by atoms with Gasteiger partial charge in [-0.05, 0) is 31.9 Å². The van der Waals surface area contributed by atoms with Gasteiger partial charge in [0.1, 0.15) is 5.60 Å². The second-order valence-electron chi connectivity index (χ2n) is 5.87. The van der Waals surface area contributed by atoms with E-state index in [9.17, 15) is 14.0 Å². The van der Waals surface area contributed by atoms with Crippen LogP contribution in [0.25, 0.3) is 0 Å². The molecule has 1 aliphatic rings. The van der Waals surface area contributed by atoms with Gasteiger partial charge in [-0.3, -0.25) is 4.79 Å². The van der Waals surface area contributed by atoms with Crippen molar-refractivity contribution in [2.24, 2.45) is 0 Å². The lowest BCUT2D eigenvalue weighted by Gasteiger charge is -2.28. The van der Waals surface area contributed by atoms with E-state index in [0.29, 0.717) is 5.56 Å². The summed E-state index contributed by atoms with van der Waals surface area (Å²) in [4.78, 5) is 23.6. The molecular weight excluding hydrogens is 261 g/mol. The number of amides is 1. The predicted molar refractivity (Wildman–Crippen MR) is 72.2 cm³/mol. The minimum absolute atomic E-state index is 0.286. The number of hydrogen-bond acceptors (Lipinski definition) is 3. The lowest BCUT2D eigenvalue weighted by Crippen LogP contribution is -2.47. The first-order chi connectivity index (χ1) is 9.28. The molecule has 0 radical (unpaired) electrons. The molecule has 1 aromatic carbocycles. The van der Waals surface area contributed by atoms with Gasteiger partial charge in [0.05, 0.1) is 6.04 Å². The van der Waals surface area contributed by atoms with Crippen molar-refractivity contribution in [3.05, 3.63) is 35.4 Å². The lowest BCUT2D eigenvalue weighted by atomic mass is 9.86. The minimum atomic E-state index is -1.69. The molecule has 0 aromatic heterocycles. The molecule has 0 fully saturated rings. The highest BCUT2D eigenvalue weighted by atomic mass is 19.1. The van der Waals surface area contributed by atoms with Crippen LogP contribution in [0.4, 0.5) is 9.18 Å². The number of hydrogen-bond donors (Lipinski definition) is 1. The van der Waals surface area contributed by atoms with E-state index in [2.05, 4.69) is 5.32 Å². The largest absolute Gasteiger partial charge is 0.444 e. The smallest absolute Gasteiger partial charge is 0.408 e. The van der Waals surface area contributed by atoms with Crippen LogP contribution in [0, 0.1) is 0 Å². The van der Waals surface area contributed by atoms with Crippen molar-refractivity contribution < 1.29 is 18.7 Å². The van der Waals surface area contributed by atoms with Crippen LogP contribution in [0.2, 0.25) is 0 Å². The number of ketones is 1.